The standard InChI is InChI=1S/C9H13NO4/c1-5(2)4-10-7(8(11)12)6(3)9(13)14-10/h5H,4H2,1-3H3,(H,11,12). The van der Waals surface area contributed by atoms with Crippen LogP contribution in [0.4, 0.5) is 0 Å². The van der Waals surface area contributed by atoms with Crippen molar-refractivity contribution in [2.24, 2.45) is 5.92 Å². The molecule has 0 bridgehead atoms. The van der Waals surface area contributed by atoms with Gasteiger partial charge in [-0.25, -0.2) is 9.59 Å². The van der Waals surface area contributed by atoms with Gasteiger partial charge < -0.3 is 9.63 Å². The second-order valence-electron chi connectivity index (χ2n) is 3.61. The second kappa shape index (κ2) is 3.69. The minimum absolute atomic E-state index is 0.0521. The van der Waals surface area contributed by atoms with E-state index in [1.807, 2.05) is 13.8 Å². The maximum atomic E-state index is 11.1. The van der Waals surface area contributed by atoms with Gasteiger partial charge in [-0.15, -0.1) is 0 Å². The molecule has 1 rings (SSSR count). The Kier molecular flexibility index (Phi) is 2.78. The molecule has 1 aromatic rings. The largest absolute Gasteiger partial charge is 0.476 e. The minimum Gasteiger partial charge on any atom is -0.476 e. The maximum absolute atomic E-state index is 11.1. The molecule has 0 aromatic carbocycles. The topological polar surface area (TPSA) is 72.4 Å². The zero-order valence-electron chi connectivity index (χ0n) is 8.40. The van der Waals surface area contributed by atoms with Crippen molar-refractivity contribution in [2.75, 3.05) is 0 Å². The average molecular weight is 199 g/mol. The van der Waals surface area contributed by atoms with Crippen molar-refractivity contribution in [1.29, 1.82) is 0 Å². The Hall–Kier alpha value is -1.52. The molecule has 14 heavy (non-hydrogen) atoms. The molecule has 0 spiro atoms. The SMILES string of the molecule is Cc1c(C(=O)O)n(CC(C)C)oc1=O. The monoisotopic (exact) mass is 199 g/mol. The van der Waals surface area contributed by atoms with E-state index in [-0.39, 0.29) is 17.2 Å². The fourth-order valence-electron chi connectivity index (χ4n) is 1.23. The highest BCUT2D eigenvalue weighted by molar-refractivity contribution is 5.86. The van der Waals surface area contributed by atoms with Crippen LogP contribution in [0.5, 0.6) is 0 Å². The van der Waals surface area contributed by atoms with Crippen molar-refractivity contribution in [3.05, 3.63) is 21.7 Å². The van der Waals surface area contributed by atoms with E-state index in [9.17, 15) is 9.59 Å². The molecule has 0 saturated carbocycles. The Morgan fingerprint density at radius 1 is 1.57 bits per heavy atom. The van der Waals surface area contributed by atoms with Crippen LogP contribution >= 0.6 is 0 Å². The molecule has 1 heterocycles. The van der Waals surface area contributed by atoms with Gasteiger partial charge in [-0.1, -0.05) is 13.8 Å². The summed E-state index contributed by atoms with van der Waals surface area (Å²) in [4.78, 5) is 21.9. The van der Waals surface area contributed by atoms with Crippen molar-refractivity contribution < 1.29 is 14.4 Å². The normalized spacial score (nSPS) is 10.9. The van der Waals surface area contributed by atoms with Gasteiger partial charge in [0.1, 0.15) is 0 Å². The number of nitrogens with zero attached hydrogens (tertiary/aromatic N) is 1. The van der Waals surface area contributed by atoms with Crippen LogP contribution < -0.4 is 5.63 Å². The quantitative estimate of drug-likeness (QED) is 0.791. The molecule has 0 unspecified atom stereocenters. The lowest BCUT2D eigenvalue weighted by molar-refractivity contribution is 0.0664. The molecule has 0 fully saturated rings. The Bertz CT molecular complexity index is 399. The van der Waals surface area contributed by atoms with Crippen LogP contribution in [0, 0.1) is 12.8 Å². The number of aromatic nitrogens is 1. The van der Waals surface area contributed by atoms with E-state index in [1.54, 1.807) is 0 Å². The molecule has 0 aliphatic rings. The third-order valence-electron chi connectivity index (χ3n) is 1.84. The summed E-state index contributed by atoms with van der Waals surface area (Å²) >= 11 is 0. The van der Waals surface area contributed by atoms with Crippen LogP contribution in [0.15, 0.2) is 9.32 Å². The number of carbonyl (C=O) groups is 1. The molecular weight excluding hydrogens is 186 g/mol. The predicted octanol–water partition coefficient (Wildman–Crippen LogP) is 1.10. The molecule has 78 valence electrons. The first-order chi connectivity index (χ1) is 6.43. The minimum atomic E-state index is -1.13. The highest BCUT2D eigenvalue weighted by atomic mass is 16.5. The lowest BCUT2D eigenvalue weighted by Gasteiger charge is -2.05. The lowest BCUT2D eigenvalue weighted by Crippen LogP contribution is -2.12. The molecule has 0 saturated heterocycles. The molecule has 0 aliphatic heterocycles. The lowest BCUT2D eigenvalue weighted by atomic mass is 10.2. The number of hydrogen-bond acceptors (Lipinski definition) is 3. The van der Waals surface area contributed by atoms with Crippen LogP contribution in [-0.4, -0.2) is 15.8 Å². The summed E-state index contributed by atoms with van der Waals surface area (Å²) in [6.07, 6.45) is 0. The summed E-state index contributed by atoms with van der Waals surface area (Å²) in [6, 6.07) is 0. The third-order valence-corrected chi connectivity index (χ3v) is 1.84. The first kappa shape index (κ1) is 10.6. The summed E-state index contributed by atoms with van der Waals surface area (Å²) in [6.45, 7) is 5.68. The van der Waals surface area contributed by atoms with Crippen LogP contribution in [0.2, 0.25) is 0 Å². The highest BCUT2D eigenvalue weighted by Gasteiger charge is 2.20. The number of rotatable bonds is 3. The molecule has 5 heteroatoms. The second-order valence-corrected chi connectivity index (χ2v) is 3.61. The molecular formula is C9H13NO4. The number of aromatic carboxylic acids is 1. The van der Waals surface area contributed by atoms with Gasteiger partial charge in [-0.2, -0.15) is 4.74 Å². The number of hydrogen-bond donors (Lipinski definition) is 1. The van der Waals surface area contributed by atoms with E-state index >= 15 is 0 Å². The predicted molar refractivity (Wildman–Crippen MR) is 49.5 cm³/mol. The molecule has 5 nitrogen and oxygen atoms in total. The van der Waals surface area contributed by atoms with E-state index < -0.39 is 11.6 Å². The van der Waals surface area contributed by atoms with Gasteiger partial charge in [0, 0.05) is 0 Å². The molecule has 1 aromatic heterocycles. The maximum Gasteiger partial charge on any atom is 0.361 e. The fraction of sp³-hybridized carbons (Fsp3) is 0.556. The zero-order chi connectivity index (χ0) is 10.9. The molecule has 0 amide bonds. The highest BCUT2D eigenvalue weighted by Crippen LogP contribution is 2.08. The fourth-order valence-corrected chi connectivity index (χ4v) is 1.23. The average Bonchev–Trinajstić information content (AvgIpc) is 2.26. The third kappa shape index (κ3) is 1.86. The Morgan fingerprint density at radius 3 is 2.57 bits per heavy atom. The van der Waals surface area contributed by atoms with Crippen molar-refractivity contribution in [3.8, 4) is 0 Å². The Labute approximate surface area is 80.9 Å². The van der Waals surface area contributed by atoms with Gasteiger partial charge in [-0.05, 0) is 12.8 Å². The first-order valence-corrected chi connectivity index (χ1v) is 4.37. The summed E-state index contributed by atoms with van der Waals surface area (Å²) in [5.41, 5.74) is -0.482. The molecule has 0 aliphatic carbocycles. The molecule has 0 atom stereocenters. The van der Waals surface area contributed by atoms with Gasteiger partial charge in [0.05, 0.1) is 12.1 Å². The van der Waals surface area contributed by atoms with E-state index in [0.717, 1.165) is 4.74 Å². The molecule has 1 N–H and O–H groups in total. The van der Waals surface area contributed by atoms with E-state index in [2.05, 4.69) is 0 Å². The van der Waals surface area contributed by atoms with Crippen molar-refractivity contribution in [2.45, 2.75) is 27.3 Å². The van der Waals surface area contributed by atoms with Crippen LogP contribution in [0.3, 0.4) is 0 Å². The van der Waals surface area contributed by atoms with Gasteiger partial charge >= 0.3 is 11.6 Å². The van der Waals surface area contributed by atoms with E-state index in [1.165, 1.54) is 6.92 Å². The summed E-state index contributed by atoms with van der Waals surface area (Å²) in [5.74, 6) is -0.906. The van der Waals surface area contributed by atoms with Crippen molar-refractivity contribution in [3.63, 3.8) is 0 Å². The van der Waals surface area contributed by atoms with Crippen molar-refractivity contribution in [1.82, 2.24) is 4.74 Å². The van der Waals surface area contributed by atoms with E-state index in [0.29, 0.717) is 6.54 Å². The van der Waals surface area contributed by atoms with Gasteiger partial charge in [0.25, 0.3) is 0 Å². The summed E-state index contributed by atoms with van der Waals surface area (Å²) in [5, 5.41) is 8.85. The number of carboxylic acid groups (broad SMARTS) is 1. The summed E-state index contributed by atoms with van der Waals surface area (Å²) < 4.78 is 5.94. The Balaban J connectivity index is 3.22. The Morgan fingerprint density at radius 2 is 2.14 bits per heavy atom. The van der Waals surface area contributed by atoms with Gasteiger partial charge in [0.15, 0.2) is 5.69 Å². The van der Waals surface area contributed by atoms with Gasteiger partial charge in [-0.3, -0.25) is 0 Å². The first-order valence-electron chi connectivity index (χ1n) is 4.37. The van der Waals surface area contributed by atoms with Crippen LogP contribution in [-0.2, 0) is 6.54 Å². The smallest absolute Gasteiger partial charge is 0.361 e. The van der Waals surface area contributed by atoms with Crippen molar-refractivity contribution >= 4 is 5.97 Å². The summed E-state index contributed by atoms with van der Waals surface area (Å²) in [7, 11) is 0. The van der Waals surface area contributed by atoms with Crippen LogP contribution in [0.1, 0.15) is 29.9 Å². The zero-order valence-corrected chi connectivity index (χ0v) is 8.40. The molecule has 0 radical (unpaired) electrons. The number of carboxylic acids is 1. The van der Waals surface area contributed by atoms with Gasteiger partial charge in [0.2, 0.25) is 0 Å². The van der Waals surface area contributed by atoms with E-state index in [4.69, 9.17) is 9.63 Å². The van der Waals surface area contributed by atoms with Crippen LogP contribution in [0.25, 0.3) is 0 Å².